The summed E-state index contributed by atoms with van der Waals surface area (Å²) in [5, 5.41) is 0. The van der Waals surface area contributed by atoms with Gasteiger partial charge in [0.1, 0.15) is 11.9 Å². The number of anilines is 1. The second-order valence-electron chi connectivity index (χ2n) is 6.86. The molecular weight excluding hydrogens is 411 g/mol. The summed E-state index contributed by atoms with van der Waals surface area (Å²) in [6.45, 7) is 0. The van der Waals surface area contributed by atoms with E-state index >= 15 is 0 Å². The van der Waals surface area contributed by atoms with E-state index in [9.17, 15) is 18.0 Å². The fraction of sp³-hybridized carbons (Fsp3) is 0.174. The van der Waals surface area contributed by atoms with Crippen molar-refractivity contribution in [2.45, 2.75) is 6.10 Å². The summed E-state index contributed by atoms with van der Waals surface area (Å²) in [4.78, 5) is 15.2. The monoisotopic (exact) mass is 429 g/mol. The van der Waals surface area contributed by atoms with Gasteiger partial charge in [0.05, 0.1) is 23.9 Å². The molecule has 0 saturated heterocycles. The fourth-order valence-electron chi connectivity index (χ4n) is 3.78. The molecule has 1 unspecified atom stereocenters. The number of fused-ring (bicyclic) bond motifs is 2. The maximum Gasteiger partial charge on any atom is 0.345 e. The molecule has 8 heteroatoms. The molecule has 0 bridgehead atoms. The number of hydrogen-bond donors (Lipinski definition) is 0. The van der Waals surface area contributed by atoms with Crippen LogP contribution < -0.4 is 14.4 Å². The number of esters is 1. The van der Waals surface area contributed by atoms with E-state index in [1.54, 1.807) is 36.4 Å². The fourth-order valence-corrected chi connectivity index (χ4v) is 3.78. The number of ether oxygens (including phenoxy) is 3. The van der Waals surface area contributed by atoms with Crippen molar-refractivity contribution in [2.75, 3.05) is 26.2 Å². The maximum absolute atomic E-state index is 14.2. The first-order valence-corrected chi connectivity index (χ1v) is 9.31. The summed E-state index contributed by atoms with van der Waals surface area (Å²) in [6, 6.07) is 6.48. The molecule has 0 N–H and O–H groups in total. The predicted molar refractivity (Wildman–Crippen MR) is 108 cm³/mol. The molecule has 0 spiro atoms. The largest absolute Gasteiger partial charge is 0.496 e. The van der Waals surface area contributed by atoms with Gasteiger partial charge >= 0.3 is 5.97 Å². The Bertz CT molecular complexity index is 1170. The number of benzene rings is 2. The highest BCUT2D eigenvalue weighted by molar-refractivity contribution is 6.23. The van der Waals surface area contributed by atoms with Crippen LogP contribution in [0.1, 0.15) is 5.56 Å². The van der Waals surface area contributed by atoms with E-state index in [2.05, 4.69) is 0 Å². The Morgan fingerprint density at radius 1 is 1.06 bits per heavy atom. The van der Waals surface area contributed by atoms with Crippen molar-refractivity contribution in [3.8, 4) is 11.5 Å². The van der Waals surface area contributed by atoms with Crippen LogP contribution in [0.3, 0.4) is 0 Å². The van der Waals surface area contributed by atoms with Gasteiger partial charge in [0.2, 0.25) is 11.6 Å². The zero-order valence-electron chi connectivity index (χ0n) is 16.9. The van der Waals surface area contributed by atoms with E-state index in [-0.39, 0.29) is 5.57 Å². The van der Waals surface area contributed by atoms with Crippen molar-refractivity contribution in [2.24, 2.45) is 0 Å². The standard InChI is InChI=1S/C23H18F3NO4/c1-27-14-6-4-8-16(29-2)18(14)20(19-15(27)7-5-9-17(19)30-3)23(28)31-22-13(25)11-10-12(24)21(22)26/h4-11,16H,1-3H3. The molecule has 160 valence electrons. The molecule has 0 fully saturated rings. The van der Waals surface area contributed by atoms with Gasteiger partial charge in [0.25, 0.3) is 0 Å². The van der Waals surface area contributed by atoms with Crippen LogP contribution in [0, 0.1) is 17.5 Å². The number of nitrogens with zero attached hydrogens (tertiary/aromatic N) is 1. The van der Waals surface area contributed by atoms with Gasteiger partial charge < -0.3 is 19.1 Å². The normalized spacial score (nSPS) is 17.2. The minimum Gasteiger partial charge on any atom is -0.496 e. The van der Waals surface area contributed by atoms with Crippen LogP contribution in [0.4, 0.5) is 18.9 Å². The summed E-state index contributed by atoms with van der Waals surface area (Å²) in [5.41, 5.74) is 2.08. The Kier molecular flexibility index (Phi) is 5.32. The third-order valence-electron chi connectivity index (χ3n) is 5.22. The minimum atomic E-state index is -1.59. The first kappa shape index (κ1) is 20.7. The summed E-state index contributed by atoms with van der Waals surface area (Å²) in [5.74, 6) is -5.95. The highest BCUT2D eigenvalue weighted by Crippen LogP contribution is 2.47. The first-order chi connectivity index (χ1) is 14.9. The molecule has 5 nitrogen and oxygen atoms in total. The van der Waals surface area contributed by atoms with Crippen LogP contribution in [-0.2, 0) is 9.53 Å². The molecule has 0 amide bonds. The molecule has 2 aromatic carbocycles. The minimum absolute atomic E-state index is 0.0102. The Balaban J connectivity index is 1.95. The molecule has 0 radical (unpaired) electrons. The van der Waals surface area contributed by atoms with Gasteiger partial charge in [0.15, 0.2) is 11.6 Å². The van der Waals surface area contributed by atoms with E-state index in [1.165, 1.54) is 14.2 Å². The van der Waals surface area contributed by atoms with Crippen molar-refractivity contribution >= 4 is 17.2 Å². The van der Waals surface area contributed by atoms with Crippen LogP contribution in [0.15, 0.2) is 59.8 Å². The Hall–Kier alpha value is -3.52. The second kappa shape index (κ2) is 7.96. The molecule has 1 aliphatic heterocycles. The predicted octanol–water partition coefficient (Wildman–Crippen LogP) is 4.39. The zero-order chi connectivity index (χ0) is 22.3. The number of allylic oxidation sites excluding steroid dienone is 2. The zero-order valence-corrected chi connectivity index (χ0v) is 16.9. The third kappa shape index (κ3) is 3.29. The quantitative estimate of drug-likeness (QED) is 0.410. The number of methoxy groups -OCH3 is 2. The summed E-state index contributed by atoms with van der Waals surface area (Å²) >= 11 is 0. The lowest BCUT2D eigenvalue weighted by Crippen LogP contribution is -2.33. The highest BCUT2D eigenvalue weighted by atomic mass is 19.2. The average molecular weight is 429 g/mol. The van der Waals surface area contributed by atoms with Gasteiger partial charge in [-0.2, -0.15) is 4.39 Å². The number of halogens is 3. The number of carbonyl (C=O) groups excluding carboxylic acids is 1. The van der Waals surface area contributed by atoms with Gasteiger partial charge in [-0.3, -0.25) is 0 Å². The smallest absolute Gasteiger partial charge is 0.345 e. The lowest BCUT2D eigenvalue weighted by Gasteiger charge is -2.37. The van der Waals surface area contributed by atoms with Crippen molar-refractivity contribution in [1.29, 1.82) is 0 Å². The van der Waals surface area contributed by atoms with E-state index in [0.29, 0.717) is 40.4 Å². The Morgan fingerprint density at radius 3 is 2.52 bits per heavy atom. The number of likely N-dealkylation sites (N-methyl/N-ethyl adjacent to an activating group) is 1. The van der Waals surface area contributed by atoms with Gasteiger partial charge in [-0.05, 0) is 30.3 Å². The molecular formula is C23H18F3NO4. The Labute approximate surface area is 176 Å². The second-order valence-corrected chi connectivity index (χ2v) is 6.86. The molecule has 31 heavy (non-hydrogen) atoms. The van der Waals surface area contributed by atoms with Crippen LogP contribution in [0.25, 0.3) is 5.57 Å². The van der Waals surface area contributed by atoms with Crippen molar-refractivity contribution in [1.82, 2.24) is 0 Å². The van der Waals surface area contributed by atoms with Crippen LogP contribution in [0.2, 0.25) is 0 Å². The molecule has 0 saturated carbocycles. The van der Waals surface area contributed by atoms with Crippen LogP contribution in [-0.4, -0.2) is 33.3 Å². The van der Waals surface area contributed by atoms with Gasteiger partial charge in [-0.1, -0.05) is 18.2 Å². The summed E-state index contributed by atoms with van der Waals surface area (Å²) in [7, 11) is 4.72. The number of hydrogen-bond acceptors (Lipinski definition) is 5. The average Bonchev–Trinajstić information content (AvgIpc) is 2.78. The third-order valence-corrected chi connectivity index (χ3v) is 5.22. The molecule has 1 atom stereocenters. The van der Waals surface area contributed by atoms with Crippen LogP contribution in [0.5, 0.6) is 11.5 Å². The lowest BCUT2D eigenvalue weighted by atomic mass is 9.85. The van der Waals surface area contributed by atoms with E-state index in [1.807, 2.05) is 11.9 Å². The van der Waals surface area contributed by atoms with Crippen LogP contribution >= 0.6 is 0 Å². The molecule has 2 aromatic rings. The topological polar surface area (TPSA) is 48.0 Å². The van der Waals surface area contributed by atoms with Gasteiger partial charge in [-0.15, -0.1) is 0 Å². The van der Waals surface area contributed by atoms with E-state index < -0.39 is 35.3 Å². The highest BCUT2D eigenvalue weighted by Gasteiger charge is 2.38. The van der Waals surface area contributed by atoms with Gasteiger partial charge in [-0.25, -0.2) is 13.6 Å². The van der Waals surface area contributed by atoms with E-state index in [0.717, 1.165) is 0 Å². The molecule has 2 aliphatic rings. The van der Waals surface area contributed by atoms with E-state index in [4.69, 9.17) is 14.2 Å². The lowest BCUT2D eigenvalue weighted by molar-refractivity contribution is -0.128. The summed E-state index contributed by atoms with van der Waals surface area (Å²) in [6.07, 6.45) is 4.65. The SMILES string of the molecule is COc1cccc2c1C(C(=O)Oc1c(F)ccc(F)c1F)=C1C(=CC=CC1OC)N2C. The number of carbonyl (C=O) groups is 1. The Morgan fingerprint density at radius 2 is 1.81 bits per heavy atom. The molecule has 1 heterocycles. The first-order valence-electron chi connectivity index (χ1n) is 9.31. The van der Waals surface area contributed by atoms with Gasteiger partial charge in [0, 0.05) is 25.4 Å². The molecule has 0 aromatic heterocycles. The molecule has 1 aliphatic carbocycles. The number of rotatable bonds is 4. The van der Waals surface area contributed by atoms with Crippen molar-refractivity contribution in [3.63, 3.8) is 0 Å². The maximum atomic E-state index is 14.2. The molecule has 4 rings (SSSR count). The van der Waals surface area contributed by atoms with Crippen molar-refractivity contribution in [3.05, 3.63) is 82.8 Å². The van der Waals surface area contributed by atoms with Crippen molar-refractivity contribution < 1.29 is 32.2 Å². The summed E-state index contributed by atoms with van der Waals surface area (Å²) < 4.78 is 58.0.